The van der Waals surface area contributed by atoms with Crippen molar-refractivity contribution in [2.75, 3.05) is 6.54 Å². The Balaban J connectivity index is 1.82. The van der Waals surface area contributed by atoms with Crippen LogP contribution in [0.5, 0.6) is 0 Å². The van der Waals surface area contributed by atoms with E-state index in [1.54, 1.807) is 0 Å². The van der Waals surface area contributed by atoms with E-state index in [1.165, 1.54) is 5.56 Å². The van der Waals surface area contributed by atoms with Crippen molar-refractivity contribution in [3.8, 4) is 0 Å². The van der Waals surface area contributed by atoms with Gasteiger partial charge < -0.3 is 9.63 Å². The normalized spacial score (nSPS) is 19.4. The van der Waals surface area contributed by atoms with Gasteiger partial charge in [0.15, 0.2) is 0 Å². The quantitative estimate of drug-likeness (QED) is 0.898. The molecule has 0 saturated heterocycles. The zero-order valence-electron chi connectivity index (χ0n) is 11.3. The lowest BCUT2D eigenvalue weighted by Gasteiger charge is -2.32. The third-order valence-electron chi connectivity index (χ3n) is 3.80. The molecule has 2 aromatic rings. The summed E-state index contributed by atoms with van der Waals surface area (Å²) >= 11 is 0. The van der Waals surface area contributed by atoms with Crippen molar-refractivity contribution >= 4 is 0 Å². The van der Waals surface area contributed by atoms with E-state index >= 15 is 0 Å². The molecular weight excluding hydrogens is 240 g/mol. The summed E-state index contributed by atoms with van der Waals surface area (Å²) < 4.78 is 5.19. The number of β-amino-alcohol motifs (C(OH)–C–C–N with tert-alkyl or cyclic N) is 1. The molecule has 4 nitrogen and oxygen atoms in total. The molecule has 0 fully saturated rings. The molecule has 0 saturated carbocycles. The van der Waals surface area contributed by atoms with Gasteiger partial charge in [-0.25, -0.2) is 0 Å². The van der Waals surface area contributed by atoms with Crippen molar-refractivity contribution in [2.24, 2.45) is 0 Å². The molecule has 0 unspecified atom stereocenters. The highest BCUT2D eigenvalue weighted by Gasteiger charge is 2.24. The van der Waals surface area contributed by atoms with E-state index in [0.717, 1.165) is 35.7 Å². The first kappa shape index (κ1) is 12.4. The average Bonchev–Trinajstić information content (AvgIpc) is 2.71. The number of nitrogens with zero attached hydrogens (tertiary/aromatic N) is 2. The summed E-state index contributed by atoms with van der Waals surface area (Å²) in [5.41, 5.74) is 4.32. The van der Waals surface area contributed by atoms with E-state index in [2.05, 4.69) is 16.1 Å². The third-order valence-corrected chi connectivity index (χ3v) is 3.80. The zero-order valence-corrected chi connectivity index (χ0v) is 11.3. The first-order valence-corrected chi connectivity index (χ1v) is 6.55. The Morgan fingerprint density at radius 1 is 1.37 bits per heavy atom. The molecule has 0 aliphatic carbocycles. The van der Waals surface area contributed by atoms with Crippen LogP contribution < -0.4 is 0 Å². The second-order valence-electron chi connectivity index (χ2n) is 5.19. The summed E-state index contributed by atoms with van der Waals surface area (Å²) in [6, 6.07) is 8.09. The monoisotopic (exact) mass is 258 g/mol. The number of aliphatic hydroxyl groups is 1. The van der Waals surface area contributed by atoms with Gasteiger partial charge >= 0.3 is 0 Å². The minimum Gasteiger partial charge on any atom is -0.387 e. The van der Waals surface area contributed by atoms with E-state index in [4.69, 9.17) is 4.52 Å². The first-order valence-electron chi connectivity index (χ1n) is 6.55. The van der Waals surface area contributed by atoms with Crippen LogP contribution in [0, 0.1) is 13.8 Å². The van der Waals surface area contributed by atoms with Crippen molar-refractivity contribution < 1.29 is 9.63 Å². The van der Waals surface area contributed by atoms with E-state index in [-0.39, 0.29) is 0 Å². The van der Waals surface area contributed by atoms with Crippen molar-refractivity contribution in [1.29, 1.82) is 0 Å². The minimum absolute atomic E-state index is 0.412. The zero-order chi connectivity index (χ0) is 13.4. The molecule has 0 amide bonds. The smallest absolute Gasteiger partial charge is 0.138 e. The molecule has 19 heavy (non-hydrogen) atoms. The Hall–Kier alpha value is -1.65. The Labute approximate surface area is 112 Å². The maximum atomic E-state index is 10.2. The highest BCUT2D eigenvalue weighted by molar-refractivity contribution is 5.31. The fourth-order valence-electron chi connectivity index (χ4n) is 2.72. The topological polar surface area (TPSA) is 49.5 Å². The number of aromatic nitrogens is 1. The number of fused-ring (bicyclic) bond motifs is 1. The highest BCUT2D eigenvalue weighted by atomic mass is 16.5. The second kappa shape index (κ2) is 4.79. The number of aryl methyl sites for hydroxylation is 2. The lowest BCUT2D eigenvalue weighted by molar-refractivity contribution is 0.0878. The second-order valence-corrected chi connectivity index (χ2v) is 5.19. The molecule has 1 aliphatic heterocycles. The van der Waals surface area contributed by atoms with Crippen LogP contribution in [0.3, 0.4) is 0 Å². The van der Waals surface area contributed by atoms with Gasteiger partial charge in [0.05, 0.1) is 11.8 Å². The Bertz CT molecular complexity index is 572. The SMILES string of the molecule is Cc1noc(C)c1CN1Cc2ccccc2[C@@H](O)C1. The summed E-state index contributed by atoms with van der Waals surface area (Å²) in [6.07, 6.45) is -0.412. The van der Waals surface area contributed by atoms with E-state index in [9.17, 15) is 5.11 Å². The Kier molecular flexibility index (Phi) is 3.12. The van der Waals surface area contributed by atoms with E-state index in [0.29, 0.717) is 6.54 Å². The van der Waals surface area contributed by atoms with Gasteiger partial charge in [-0.2, -0.15) is 0 Å². The standard InChI is InChI=1S/C15H18N2O2/c1-10-14(11(2)19-16-10)8-17-7-12-5-3-4-6-13(12)15(18)9-17/h3-6,15,18H,7-9H2,1-2H3/t15-/m0/s1. The van der Waals surface area contributed by atoms with Crippen molar-refractivity contribution in [2.45, 2.75) is 33.0 Å². The summed E-state index contributed by atoms with van der Waals surface area (Å²) in [6.45, 7) is 6.18. The third kappa shape index (κ3) is 2.29. The largest absolute Gasteiger partial charge is 0.387 e. The Morgan fingerprint density at radius 2 is 2.16 bits per heavy atom. The summed E-state index contributed by atoms with van der Waals surface area (Å²) in [4.78, 5) is 2.24. The predicted octanol–water partition coefficient (Wildman–Crippen LogP) is 2.34. The molecule has 1 N–H and O–H groups in total. The lowest BCUT2D eigenvalue weighted by atomic mass is 9.97. The molecule has 0 radical (unpaired) electrons. The molecule has 3 rings (SSSR count). The average molecular weight is 258 g/mol. The van der Waals surface area contributed by atoms with Crippen LogP contribution in [0.1, 0.15) is 34.2 Å². The van der Waals surface area contributed by atoms with Crippen molar-refractivity contribution in [1.82, 2.24) is 10.1 Å². The fraction of sp³-hybridized carbons (Fsp3) is 0.400. The maximum absolute atomic E-state index is 10.2. The van der Waals surface area contributed by atoms with Crippen LogP contribution in [0.2, 0.25) is 0 Å². The molecule has 0 bridgehead atoms. The van der Waals surface area contributed by atoms with Gasteiger partial charge in [0, 0.05) is 25.2 Å². The first-order chi connectivity index (χ1) is 9.15. The Morgan fingerprint density at radius 3 is 2.89 bits per heavy atom. The van der Waals surface area contributed by atoms with Crippen LogP contribution in [0.25, 0.3) is 0 Å². The van der Waals surface area contributed by atoms with Crippen LogP contribution in [-0.2, 0) is 13.1 Å². The molecule has 100 valence electrons. The van der Waals surface area contributed by atoms with Crippen LogP contribution in [0.4, 0.5) is 0 Å². The van der Waals surface area contributed by atoms with Crippen LogP contribution in [-0.4, -0.2) is 21.7 Å². The predicted molar refractivity (Wildman–Crippen MR) is 71.5 cm³/mol. The summed E-state index contributed by atoms with van der Waals surface area (Å²) in [5.74, 6) is 0.867. The molecule has 1 aromatic carbocycles. The maximum Gasteiger partial charge on any atom is 0.138 e. The van der Waals surface area contributed by atoms with Crippen molar-refractivity contribution in [3.05, 3.63) is 52.4 Å². The molecule has 1 atom stereocenters. The van der Waals surface area contributed by atoms with Gasteiger partial charge in [-0.05, 0) is 25.0 Å². The number of aliphatic hydroxyl groups excluding tert-OH is 1. The van der Waals surface area contributed by atoms with Gasteiger partial charge in [0.2, 0.25) is 0 Å². The molecule has 2 heterocycles. The van der Waals surface area contributed by atoms with Gasteiger partial charge in [0.25, 0.3) is 0 Å². The van der Waals surface area contributed by atoms with Crippen LogP contribution in [0.15, 0.2) is 28.8 Å². The number of hydrogen-bond acceptors (Lipinski definition) is 4. The minimum atomic E-state index is -0.412. The summed E-state index contributed by atoms with van der Waals surface area (Å²) in [7, 11) is 0. The van der Waals surface area contributed by atoms with Gasteiger partial charge in [-0.3, -0.25) is 4.90 Å². The molecule has 0 spiro atoms. The van der Waals surface area contributed by atoms with Crippen LogP contribution >= 0.6 is 0 Å². The number of hydrogen-bond donors (Lipinski definition) is 1. The molecule has 4 heteroatoms. The lowest BCUT2D eigenvalue weighted by Crippen LogP contribution is -2.33. The van der Waals surface area contributed by atoms with Crippen molar-refractivity contribution in [3.63, 3.8) is 0 Å². The molecule has 1 aromatic heterocycles. The van der Waals surface area contributed by atoms with Gasteiger partial charge in [-0.15, -0.1) is 0 Å². The number of benzene rings is 1. The van der Waals surface area contributed by atoms with Gasteiger partial charge in [-0.1, -0.05) is 29.4 Å². The highest BCUT2D eigenvalue weighted by Crippen LogP contribution is 2.28. The molecule has 1 aliphatic rings. The molecular formula is C15H18N2O2. The van der Waals surface area contributed by atoms with Gasteiger partial charge in [0.1, 0.15) is 5.76 Å². The fourth-order valence-corrected chi connectivity index (χ4v) is 2.72. The van der Waals surface area contributed by atoms with E-state index in [1.807, 2.05) is 32.0 Å². The summed E-state index contributed by atoms with van der Waals surface area (Å²) in [5, 5.41) is 14.2. The van der Waals surface area contributed by atoms with E-state index < -0.39 is 6.10 Å². The number of rotatable bonds is 2.